The summed E-state index contributed by atoms with van der Waals surface area (Å²) in [4.78, 5) is 26.5. The number of methoxy groups -OCH3 is 2. The third-order valence-corrected chi connectivity index (χ3v) is 4.92. The van der Waals surface area contributed by atoms with Gasteiger partial charge in [-0.2, -0.15) is 0 Å². The number of likely N-dealkylation sites (N-methyl/N-ethyl adjacent to an activating group) is 1. The molecule has 0 spiro atoms. The Morgan fingerprint density at radius 1 is 0.871 bits per heavy atom. The number of nitrogens with one attached hydrogen (secondary N) is 2. The Labute approximate surface area is 182 Å². The lowest BCUT2D eigenvalue weighted by molar-refractivity contribution is -0.885. The van der Waals surface area contributed by atoms with Gasteiger partial charge in [0.1, 0.15) is 6.54 Å². The number of anilines is 1. The minimum absolute atomic E-state index is 0.127. The second-order valence-corrected chi connectivity index (χ2v) is 7.25. The standard InChI is InChI=1S/C25H26N2O4/c1-27(16-19-12-9-15-22(30-2)25(19)31-3)17-23(28)26-21-14-8-7-13-20(21)24(29)18-10-5-4-6-11-18/h4-15H,16-17H2,1-3H3,(H,26,28)/p+1. The maximum Gasteiger partial charge on any atom is 0.279 e. The number of para-hydroxylation sites is 2. The van der Waals surface area contributed by atoms with Gasteiger partial charge in [-0.3, -0.25) is 9.59 Å². The molecule has 0 aliphatic carbocycles. The van der Waals surface area contributed by atoms with E-state index in [-0.39, 0.29) is 18.2 Å². The second kappa shape index (κ2) is 10.4. The van der Waals surface area contributed by atoms with E-state index in [1.165, 1.54) is 0 Å². The molecule has 3 aromatic carbocycles. The lowest BCUT2D eigenvalue weighted by atomic mass is 10.0. The first-order valence-corrected chi connectivity index (χ1v) is 10.0. The number of carbonyl (C=O) groups is 2. The summed E-state index contributed by atoms with van der Waals surface area (Å²) >= 11 is 0. The van der Waals surface area contributed by atoms with Crippen LogP contribution in [0.5, 0.6) is 11.5 Å². The molecule has 6 heteroatoms. The van der Waals surface area contributed by atoms with Gasteiger partial charge in [-0.1, -0.05) is 48.5 Å². The fraction of sp³-hybridized carbons (Fsp3) is 0.200. The minimum Gasteiger partial charge on any atom is -0.493 e. The number of benzene rings is 3. The highest BCUT2D eigenvalue weighted by Crippen LogP contribution is 2.30. The molecule has 2 N–H and O–H groups in total. The van der Waals surface area contributed by atoms with Crippen molar-refractivity contribution in [1.29, 1.82) is 0 Å². The van der Waals surface area contributed by atoms with Crippen LogP contribution in [-0.4, -0.2) is 39.5 Å². The van der Waals surface area contributed by atoms with Crippen LogP contribution in [0.4, 0.5) is 5.69 Å². The molecule has 1 atom stereocenters. The largest absolute Gasteiger partial charge is 0.493 e. The highest BCUT2D eigenvalue weighted by atomic mass is 16.5. The third kappa shape index (κ3) is 5.49. The first-order chi connectivity index (χ1) is 15.0. The van der Waals surface area contributed by atoms with E-state index in [1.54, 1.807) is 50.6 Å². The number of ketones is 1. The van der Waals surface area contributed by atoms with Crippen molar-refractivity contribution in [2.45, 2.75) is 6.54 Å². The van der Waals surface area contributed by atoms with Crippen LogP contribution in [0, 0.1) is 0 Å². The number of amides is 1. The minimum atomic E-state index is -0.173. The Morgan fingerprint density at radius 3 is 2.29 bits per heavy atom. The van der Waals surface area contributed by atoms with Crippen molar-refractivity contribution in [3.8, 4) is 11.5 Å². The van der Waals surface area contributed by atoms with Crippen LogP contribution < -0.4 is 19.7 Å². The van der Waals surface area contributed by atoms with Crippen LogP contribution in [-0.2, 0) is 11.3 Å². The fourth-order valence-corrected chi connectivity index (χ4v) is 3.48. The number of hydrogen-bond donors (Lipinski definition) is 2. The van der Waals surface area contributed by atoms with Crippen LogP contribution in [0.15, 0.2) is 72.8 Å². The molecule has 0 radical (unpaired) electrons. The maximum atomic E-state index is 12.9. The first kappa shape index (κ1) is 22.1. The molecule has 0 fully saturated rings. The average Bonchev–Trinajstić information content (AvgIpc) is 2.79. The van der Waals surface area contributed by atoms with Crippen molar-refractivity contribution in [1.82, 2.24) is 0 Å². The lowest BCUT2D eigenvalue weighted by Gasteiger charge is -2.17. The molecule has 1 amide bonds. The Morgan fingerprint density at radius 2 is 1.58 bits per heavy atom. The number of quaternary nitrogens is 1. The molecule has 160 valence electrons. The number of ether oxygens (including phenoxy) is 2. The summed E-state index contributed by atoms with van der Waals surface area (Å²) < 4.78 is 10.8. The van der Waals surface area contributed by atoms with Gasteiger partial charge in [0, 0.05) is 11.1 Å². The zero-order valence-corrected chi connectivity index (χ0v) is 18.0. The molecule has 31 heavy (non-hydrogen) atoms. The van der Waals surface area contributed by atoms with Crippen molar-refractivity contribution < 1.29 is 24.0 Å². The van der Waals surface area contributed by atoms with Crippen molar-refractivity contribution in [2.24, 2.45) is 0 Å². The third-order valence-electron chi connectivity index (χ3n) is 4.92. The van der Waals surface area contributed by atoms with Gasteiger partial charge in [-0.05, 0) is 24.3 Å². The molecule has 0 saturated carbocycles. The van der Waals surface area contributed by atoms with Gasteiger partial charge in [0.05, 0.1) is 32.5 Å². The van der Waals surface area contributed by atoms with Gasteiger partial charge >= 0.3 is 0 Å². The Balaban J connectivity index is 1.69. The van der Waals surface area contributed by atoms with Crippen molar-refractivity contribution >= 4 is 17.4 Å². The summed E-state index contributed by atoms with van der Waals surface area (Å²) in [6.45, 7) is 0.812. The van der Waals surface area contributed by atoms with Gasteiger partial charge in [-0.15, -0.1) is 0 Å². The SMILES string of the molecule is COc1cccc(C[NH+](C)CC(=O)Nc2ccccc2C(=O)c2ccccc2)c1OC. The Hall–Kier alpha value is -3.64. The second-order valence-electron chi connectivity index (χ2n) is 7.25. The summed E-state index contributed by atoms with van der Waals surface area (Å²) in [5.41, 5.74) is 2.51. The zero-order valence-electron chi connectivity index (χ0n) is 18.0. The van der Waals surface area contributed by atoms with E-state index < -0.39 is 0 Å². The number of carbonyl (C=O) groups excluding carboxylic acids is 2. The van der Waals surface area contributed by atoms with E-state index >= 15 is 0 Å². The lowest BCUT2D eigenvalue weighted by Crippen LogP contribution is -3.08. The van der Waals surface area contributed by atoms with Gasteiger partial charge in [-0.25, -0.2) is 0 Å². The highest BCUT2D eigenvalue weighted by molar-refractivity contribution is 6.13. The molecule has 3 rings (SSSR count). The highest BCUT2D eigenvalue weighted by Gasteiger charge is 2.18. The molecule has 0 aromatic heterocycles. The fourth-order valence-electron chi connectivity index (χ4n) is 3.48. The Kier molecular flexibility index (Phi) is 7.40. The molecule has 0 bridgehead atoms. The predicted molar refractivity (Wildman–Crippen MR) is 120 cm³/mol. The Bertz CT molecular complexity index is 1050. The van der Waals surface area contributed by atoms with Crippen LogP contribution >= 0.6 is 0 Å². The van der Waals surface area contributed by atoms with E-state index in [1.807, 2.05) is 43.4 Å². The van der Waals surface area contributed by atoms with Gasteiger partial charge in [0.15, 0.2) is 23.8 Å². The van der Waals surface area contributed by atoms with E-state index in [4.69, 9.17) is 9.47 Å². The van der Waals surface area contributed by atoms with Crippen LogP contribution in [0.25, 0.3) is 0 Å². The maximum absolute atomic E-state index is 12.9. The monoisotopic (exact) mass is 419 g/mol. The number of hydrogen-bond acceptors (Lipinski definition) is 4. The van der Waals surface area contributed by atoms with Crippen molar-refractivity contribution in [3.05, 3.63) is 89.5 Å². The predicted octanol–water partition coefficient (Wildman–Crippen LogP) is 2.59. The molecule has 0 aliphatic heterocycles. The summed E-state index contributed by atoms with van der Waals surface area (Å²) in [5.74, 6) is 1.03. The van der Waals surface area contributed by atoms with E-state index in [9.17, 15) is 9.59 Å². The molecule has 3 aromatic rings. The molecule has 1 unspecified atom stereocenters. The van der Waals surface area contributed by atoms with Crippen molar-refractivity contribution in [2.75, 3.05) is 33.1 Å². The first-order valence-electron chi connectivity index (χ1n) is 10.0. The van der Waals surface area contributed by atoms with Gasteiger partial charge < -0.3 is 19.7 Å². The molecule has 0 heterocycles. The molecular weight excluding hydrogens is 392 g/mol. The summed E-state index contributed by atoms with van der Waals surface area (Å²) in [6.07, 6.45) is 0. The topological polar surface area (TPSA) is 69.1 Å². The summed E-state index contributed by atoms with van der Waals surface area (Å²) in [6, 6.07) is 21.8. The van der Waals surface area contributed by atoms with Crippen LogP contribution in [0.2, 0.25) is 0 Å². The smallest absolute Gasteiger partial charge is 0.279 e. The molecule has 0 saturated heterocycles. The van der Waals surface area contributed by atoms with Crippen molar-refractivity contribution in [3.63, 3.8) is 0 Å². The molecule has 0 aliphatic rings. The summed E-state index contributed by atoms with van der Waals surface area (Å²) in [7, 11) is 5.13. The quantitative estimate of drug-likeness (QED) is 0.523. The zero-order chi connectivity index (χ0) is 22.2. The van der Waals surface area contributed by atoms with Gasteiger partial charge in [0.2, 0.25) is 0 Å². The molecular formula is C25H27N2O4+. The van der Waals surface area contributed by atoms with E-state index in [2.05, 4.69) is 5.32 Å². The van der Waals surface area contributed by atoms with Crippen LogP contribution in [0.1, 0.15) is 21.5 Å². The summed E-state index contributed by atoms with van der Waals surface area (Å²) in [5, 5.41) is 2.89. The van der Waals surface area contributed by atoms with E-state index in [0.717, 1.165) is 10.5 Å². The molecule has 6 nitrogen and oxygen atoms in total. The van der Waals surface area contributed by atoms with E-state index in [0.29, 0.717) is 34.9 Å². The normalized spacial score (nSPS) is 11.5. The van der Waals surface area contributed by atoms with Crippen LogP contribution in [0.3, 0.4) is 0 Å². The average molecular weight is 420 g/mol. The van der Waals surface area contributed by atoms with Gasteiger partial charge in [0.25, 0.3) is 5.91 Å². The number of rotatable bonds is 9.